The Morgan fingerprint density at radius 2 is 1.63 bits per heavy atom. The van der Waals surface area contributed by atoms with E-state index in [0.29, 0.717) is 0 Å². The number of aliphatic hydroxyl groups excluding tert-OH is 6. The first-order valence-electron chi connectivity index (χ1n) is 13.3. The van der Waals surface area contributed by atoms with Gasteiger partial charge in [-0.25, -0.2) is 0 Å². The molecule has 2 fully saturated rings. The Bertz CT molecular complexity index is 1510. The van der Waals surface area contributed by atoms with Gasteiger partial charge in [-0.2, -0.15) is 0 Å². The van der Waals surface area contributed by atoms with Crippen molar-refractivity contribution in [2.24, 2.45) is 0 Å². The van der Waals surface area contributed by atoms with Crippen molar-refractivity contribution in [1.29, 1.82) is 0 Å². The molecule has 2 aromatic carbocycles. The molecule has 10 atom stereocenters. The standard InChI is InChI=1S/C28H32O15/c1-10-18(32)21(35)23(37)27(39-10)43-26-22(36)19(33)16(9-29)41-28(26)42-25-20(34)17-14(31)7-13(38-2)8-15(17)40-24(25)11-4-3-5-12(30)6-11/h3-8,10,16,18-19,21-23,26-33,35-37H,9H2,1-2H3/t10-,16+,18-,19+,21-,22-,23-,26+,27-,28-/m0/s1. The van der Waals surface area contributed by atoms with Crippen LogP contribution in [0.4, 0.5) is 0 Å². The Labute approximate surface area is 243 Å². The maximum atomic E-state index is 13.8. The Kier molecular flexibility index (Phi) is 8.80. The fourth-order valence-corrected chi connectivity index (χ4v) is 5.01. The fourth-order valence-electron chi connectivity index (χ4n) is 5.01. The van der Waals surface area contributed by atoms with Crippen molar-refractivity contribution in [3.05, 3.63) is 46.6 Å². The second-order valence-corrected chi connectivity index (χ2v) is 10.3. The molecule has 234 valence electrons. The zero-order chi connectivity index (χ0) is 31.2. The lowest BCUT2D eigenvalue weighted by Crippen LogP contribution is -2.64. The minimum absolute atomic E-state index is 0.103. The number of phenolic OH excluding ortho intramolecular Hbond substituents is 2. The average Bonchev–Trinajstić information content (AvgIpc) is 2.98. The maximum Gasteiger partial charge on any atom is 0.239 e. The van der Waals surface area contributed by atoms with Crippen molar-refractivity contribution in [1.82, 2.24) is 0 Å². The van der Waals surface area contributed by atoms with Crippen molar-refractivity contribution in [3.8, 4) is 34.3 Å². The van der Waals surface area contributed by atoms with E-state index in [2.05, 4.69) is 0 Å². The Morgan fingerprint density at radius 1 is 0.884 bits per heavy atom. The van der Waals surface area contributed by atoms with Gasteiger partial charge in [0.2, 0.25) is 17.5 Å². The molecule has 0 spiro atoms. The van der Waals surface area contributed by atoms with Crippen LogP contribution in [0.2, 0.25) is 0 Å². The van der Waals surface area contributed by atoms with Crippen molar-refractivity contribution in [3.63, 3.8) is 0 Å². The van der Waals surface area contributed by atoms with Crippen LogP contribution in [-0.2, 0) is 14.2 Å². The molecule has 0 bridgehead atoms. The van der Waals surface area contributed by atoms with E-state index in [1.807, 2.05) is 0 Å². The molecule has 3 heterocycles. The highest BCUT2D eigenvalue weighted by Crippen LogP contribution is 2.38. The molecule has 0 radical (unpaired) electrons. The van der Waals surface area contributed by atoms with E-state index in [-0.39, 0.29) is 33.8 Å². The minimum atomic E-state index is -1.86. The minimum Gasteiger partial charge on any atom is -0.508 e. The number of ether oxygens (including phenoxy) is 5. The van der Waals surface area contributed by atoms with E-state index in [1.165, 1.54) is 50.4 Å². The van der Waals surface area contributed by atoms with Crippen LogP contribution in [0.1, 0.15) is 6.92 Å². The van der Waals surface area contributed by atoms with Crippen molar-refractivity contribution < 1.29 is 69.0 Å². The largest absolute Gasteiger partial charge is 0.508 e. The van der Waals surface area contributed by atoms with Crippen LogP contribution in [0, 0.1) is 0 Å². The zero-order valence-electron chi connectivity index (χ0n) is 22.9. The van der Waals surface area contributed by atoms with Gasteiger partial charge >= 0.3 is 0 Å². The number of benzene rings is 2. The van der Waals surface area contributed by atoms with Crippen LogP contribution in [0.25, 0.3) is 22.3 Å². The highest BCUT2D eigenvalue weighted by atomic mass is 16.8. The summed E-state index contributed by atoms with van der Waals surface area (Å²) in [4.78, 5) is 13.8. The Morgan fingerprint density at radius 3 is 2.30 bits per heavy atom. The van der Waals surface area contributed by atoms with Crippen LogP contribution in [0.5, 0.6) is 23.0 Å². The Balaban J connectivity index is 1.61. The molecular formula is C28H32O15. The average molecular weight is 609 g/mol. The van der Waals surface area contributed by atoms with Gasteiger partial charge in [0.15, 0.2) is 18.2 Å². The van der Waals surface area contributed by atoms with Gasteiger partial charge < -0.3 is 69.0 Å². The summed E-state index contributed by atoms with van der Waals surface area (Å²) in [5, 5.41) is 82.5. The van der Waals surface area contributed by atoms with Crippen molar-refractivity contribution in [2.45, 2.75) is 68.3 Å². The first-order valence-corrected chi connectivity index (χ1v) is 13.3. The molecule has 1 aromatic heterocycles. The number of fused-ring (bicyclic) bond motifs is 1. The molecule has 3 aromatic rings. The molecule has 8 N–H and O–H groups in total. The normalized spacial score (nSPS) is 32.9. The number of methoxy groups -OCH3 is 1. The highest BCUT2D eigenvalue weighted by Gasteiger charge is 2.51. The Hall–Kier alpha value is -3.51. The fraction of sp³-hybridized carbons (Fsp3) is 0.464. The smallest absolute Gasteiger partial charge is 0.239 e. The highest BCUT2D eigenvalue weighted by molar-refractivity contribution is 5.88. The van der Waals surface area contributed by atoms with Crippen molar-refractivity contribution in [2.75, 3.05) is 13.7 Å². The van der Waals surface area contributed by atoms with Gasteiger partial charge in [-0.15, -0.1) is 0 Å². The lowest BCUT2D eigenvalue weighted by molar-refractivity contribution is -0.354. The third-order valence-electron chi connectivity index (χ3n) is 7.41. The van der Waals surface area contributed by atoms with Gasteiger partial charge in [-0.05, 0) is 19.1 Å². The molecule has 0 amide bonds. The lowest BCUT2D eigenvalue weighted by atomic mass is 9.97. The van der Waals surface area contributed by atoms with Gasteiger partial charge in [0.1, 0.15) is 64.8 Å². The second-order valence-electron chi connectivity index (χ2n) is 10.3. The molecule has 5 rings (SSSR count). The molecule has 43 heavy (non-hydrogen) atoms. The summed E-state index contributed by atoms with van der Waals surface area (Å²) in [5.41, 5.74) is -0.862. The number of phenols is 2. The third kappa shape index (κ3) is 5.74. The van der Waals surface area contributed by atoms with E-state index in [9.17, 15) is 45.6 Å². The summed E-state index contributed by atoms with van der Waals surface area (Å²) in [5.74, 6) is -1.36. The molecule has 0 aliphatic carbocycles. The number of hydrogen-bond donors (Lipinski definition) is 8. The van der Waals surface area contributed by atoms with Crippen LogP contribution >= 0.6 is 0 Å². The quantitative estimate of drug-likeness (QED) is 0.159. The number of hydrogen-bond acceptors (Lipinski definition) is 15. The first-order chi connectivity index (χ1) is 20.4. The van der Waals surface area contributed by atoms with Gasteiger partial charge in [-0.3, -0.25) is 4.79 Å². The summed E-state index contributed by atoms with van der Waals surface area (Å²) in [6.07, 6.45) is -16.2. The van der Waals surface area contributed by atoms with E-state index >= 15 is 0 Å². The molecule has 0 saturated carbocycles. The molecule has 2 saturated heterocycles. The number of aliphatic hydroxyl groups is 6. The molecule has 15 nitrogen and oxygen atoms in total. The molecule has 2 aliphatic heterocycles. The van der Waals surface area contributed by atoms with Gasteiger partial charge in [-0.1, -0.05) is 12.1 Å². The number of rotatable bonds is 7. The maximum absolute atomic E-state index is 13.8. The van der Waals surface area contributed by atoms with Crippen LogP contribution in [0.3, 0.4) is 0 Å². The lowest BCUT2D eigenvalue weighted by Gasteiger charge is -2.45. The van der Waals surface area contributed by atoms with Crippen LogP contribution in [0.15, 0.2) is 45.6 Å². The number of aromatic hydroxyl groups is 2. The first kappa shape index (κ1) is 30.9. The molecule has 15 heteroatoms. The van der Waals surface area contributed by atoms with Gasteiger partial charge in [0.25, 0.3) is 0 Å². The van der Waals surface area contributed by atoms with Gasteiger partial charge in [0.05, 0.1) is 19.8 Å². The summed E-state index contributed by atoms with van der Waals surface area (Å²) in [6.45, 7) is 0.611. The van der Waals surface area contributed by atoms with Crippen LogP contribution in [-0.4, -0.2) is 116 Å². The summed E-state index contributed by atoms with van der Waals surface area (Å²) < 4.78 is 33.9. The summed E-state index contributed by atoms with van der Waals surface area (Å²) in [7, 11) is 1.34. The zero-order valence-corrected chi connectivity index (χ0v) is 22.9. The molecule has 0 unspecified atom stereocenters. The van der Waals surface area contributed by atoms with E-state index in [0.717, 1.165) is 0 Å². The van der Waals surface area contributed by atoms with E-state index in [4.69, 9.17) is 28.1 Å². The third-order valence-corrected chi connectivity index (χ3v) is 7.41. The summed E-state index contributed by atoms with van der Waals surface area (Å²) >= 11 is 0. The summed E-state index contributed by atoms with van der Waals surface area (Å²) in [6, 6.07) is 8.11. The van der Waals surface area contributed by atoms with E-state index < -0.39 is 84.9 Å². The predicted octanol–water partition coefficient (Wildman–Crippen LogP) is -1.09. The van der Waals surface area contributed by atoms with Crippen molar-refractivity contribution >= 4 is 11.0 Å². The SMILES string of the molecule is COc1cc(O)c2c(=O)c(O[C@@H]3O[C@H](CO)[C@@H](O)[C@H](O)[C@H]3O[C@@H]3O[C@@H](C)[C@H](O)[C@H](O)[C@@H]3O)c(-c3cccc(O)c3)oc2c1. The molecule has 2 aliphatic rings. The van der Waals surface area contributed by atoms with Gasteiger partial charge in [0, 0.05) is 17.7 Å². The predicted molar refractivity (Wildman–Crippen MR) is 143 cm³/mol. The monoisotopic (exact) mass is 608 g/mol. The van der Waals surface area contributed by atoms with E-state index in [1.54, 1.807) is 0 Å². The molecular weight excluding hydrogens is 576 g/mol. The topological polar surface area (TPSA) is 238 Å². The second kappa shape index (κ2) is 12.2. The van der Waals surface area contributed by atoms with Crippen LogP contribution < -0.4 is 14.9 Å².